The number of hydrogen-bond acceptors (Lipinski definition) is 5. The average molecular weight is 392 g/mol. The van der Waals surface area contributed by atoms with Crippen LogP contribution in [0.4, 0.5) is 0 Å². The number of aromatic nitrogens is 1. The van der Waals surface area contributed by atoms with Crippen LogP contribution in [0.1, 0.15) is 39.3 Å². The number of imide groups is 1. The lowest BCUT2D eigenvalue weighted by molar-refractivity contribution is -0.121. The van der Waals surface area contributed by atoms with Gasteiger partial charge in [-0.15, -0.1) is 0 Å². The number of likely N-dealkylation sites (tertiary alicyclic amines) is 1. The molecule has 0 spiro atoms. The van der Waals surface area contributed by atoms with Crippen LogP contribution >= 0.6 is 0 Å². The van der Waals surface area contributed by atoms with Crippen LogP contribution in [0.2, 0.25) is 0 Å². The molecule has 7 heteroatoms. The molecule has 0 radical (unpaired) electrons. The van der Waals surface area contributed by atoms with Gasteiger partial charge < -0.3 is 5.32 Å². The van der Waals surface area contributed by atoms with E-state index in [-0.39, 0.29) is 12.5 Å². The number of fused-ring (bicyclic) bond motifs is 1. The van der Waals surface area contributed by atoms with Gasteiger partial charge in [0.1, 0.15) is 6.54 Å². The van der Waals surface area contributed by atoms with Crippen LogP contribution in [-0.2, 0) is 11.3 Å². The molecule has 0 bridgehead atoms. The number of rotatable bonds is 6. The molecule has 1 saturated heterocycles. The minimum Gasteiger partial charge on any atom is -0.354 e. The number of carbonyl (C=O) groups excluding carboxylic acids is 3. The van der Waals surface area contributed by atoms with Gasteiger partial charge in [0.2, 0.25) is 5.91 Å². The number of pyridine rings is 1. The third-order valence-corrected chi connectivity index (χ3v) is 5.59. The normalized spacial score (nSPS) is 17.4. The van der Waals surface area contributed by atoms with Crippen molar-refractivity contribution in [3.8, 4) is 0 Å². The van der Waals surface area contributed by atoms with Crippen LogP contribution in [0.5, 0.6) is 0 Å². The summed E-state index contributed by atoms with van der Waals surface area (Å²) in [5.41, 5.74) is 1.80. The number of hydrogen-bond donors (Lipinski definition) is 1. The fourth-order valence-electron chi connectivity index (χ4n) is 3.91. The first-order chi connectivity index (χ1) is 14.1. The molecule has 0 atom stereocenters. The Labute approximate surface area is 169 Å². The first-order valence-electron chi connectivity index (χ1n) is 9.96. The summed E-state index contributed by atoms with van der Waals surface area (Å²) in [5.74, 6) is -0.691. The second kappa shape index (κ2) is 8.53. The molecule has 0 unspecified atom stereocenters. The van der Waals surface area contributed by atoms with Crippen molar-refractivity contribution < 1.29 is 14.4 Å². The minimum atomic E-state index is -0.399. The van der Waals surface area contributed by atoms with Gasteiger partial charge in [-0.3, -0.25) is 29.2 Å². The number of nitrogens with zero attached hydrogens (tertiary/aromatic N) is 3. The van der Waals surface area contributed by atoms with Crippen LogP contribution in [0.3, 0.4) is 0 Å². The molecule has 2 aromatic rings. The first-order valence-corrected chi connectivity index (χ1v) is 9.96. The Balaban J connectivity index is 1.21. The highest BCUT2D eigenvalue weighted by Gasteiger charge is 2.36. The molecule has 3 heterocycles. The topological polar surface area (TPSA) is 82.6 Å². The summed E-state index contributed by atoms with van der Waals surface area (Å²) >= 11 is 0. The van der Waals surface area contributed by atoms with Crippen LogP contribution in [0, 0.1) is 5.92 Å². The Morgan fingerprint density at radius 2 is 1.66 bits per heavy atom. The van der Waals surface area contributed by atoms with E-state index < -0.39 is 11.8 Å². The largest absolute Gasteiger partial charge is 0.354 e. The smallest absolute Gasteiger partial charge is 0.262 e. The summed E-state index contributed by atoms with van der Waals surface area (Å²) in [4.78, 5) is 44.8. The third kappa shape index (κ3) is 4.35. The van der Waals surface area contributed by atoms with Crippen molar-refractivity contribution in [2.45, 2.75) is 19.4 Å². The van der Waals surface area contributed by atoms with Crippen LogP contribution in [0.25, 0.3) is 0 Å². The molecule has 1 fully saturated rings. The Kier molecular flexibility index (Phi) is 5.67. The highest BCUT2D eigenvalue weighted by atomic mass is 16.2. The zero-order valence-electron chi connectivity index (χ0n) is 16.2. The number of nitrogens with one attached hydrogen (secondary N) is 1. The Bertz CT molecular complexity index is 872. The molecule has 1 aromatic heterocycles. The monoisotopic (exact) mass is 392 g/mol. The van der Waals surface area contributed by atoms with Gasteiger partial charge in [0.05, 0.1) is 16.8 Å². The standard InChI is InChI=1S/C22H24N4O3/c27-20(15-26-21(28)18-6-1-2-7-19(18)22(26)29)24-13-16-8-11-25(12-9-16)14-17-5-3-4-10-23-17/h1-7,10,16H,8-9,11-15H2,(H,24,27). The Morgan fingerprint density at radius 1 is 1.00 bits per heavy atom. The molecular formula is C22H24N4O3. The van der Waals surface area contributed by atoms with E-state index >= 15 is 0 Å². The lowest BCUT2D eigenvalue weighted by Gasteiger charge is -2.31. The maximum absolute atomic E-state index is 12.3. The summed E-state index contributed by atoms with van der Waals surface area (Å²) < 4.78 is 0. The van der Waals surface area contributed by atoms with E-state index in [1.54, 1.807) is 24.3 Å². The summed E-state index contributed by atoms with van der Waals surface area (Å²) in [7, 11) is 0. The second-order valence-corrected chi connectivity index (χ2v) is 7.59. The van der Waals surface area contributed by atoms with Gasteiger partial charge in [-0.25, -0.2) is 0 Å². The van der Waals surface area contributed by atoms with Gasteiger partial charge in [0, 0.05) is 19.3 Å². The molecule has 1 aromatic carbocycles. The van der Waals surface area contributed by atoms with Crippen molar-refractivity contribution in [1.82, 2.24) is 20.1 Å². The van der Waals surface area contributed by atoms with Crippen molar-refractivity contribution in [1.29, 1.82) is 0 Å². The van der Waals surface area contributed by atoms with E-state index in [0.717, 1.165) is 43.1 Å². The van der Waals surface area contributed by atoms with Crippen LogP contribution in [-0.4, -0.2) is 58.7 Å². The number of carbonyl (C=O) groups is 3. The van der Waals surface area contributed by atoms with Crippen molar-refractivity contribution >= 4 is 17.7 Å². The van der Waals surface area contributed by atoms with Gasteiger partial charge in [-0.05, 0) is 56.1 Å². The predicted octanol–water partition coefficient (Wildman–Crippen LogP) is 1.71. The molecule has 1 N–H and O–H groups in total. The fourth-order valence-corrected chi connectivity index (χ4v) is 3.91. The van der Waals surface area contributed by atoms with Gasteiger partial charge in [0.15, 0.2) is 0 Å². The molecule has 150 valence electrons. The average Bonchev–Trinajstić information content (AvgIpc) is 2.99. The van der Waals surface area contributed by atoms with E-state index in [2.05, 4.69) is 15.2 Å². The molecule has 0 saturated carbocycles. The van der Waals surface area contributed by atoms with E-state index in [4.69, 9.17) is 0 Å². The summed E-state index contributed by atoms with van der Waals surface area (Å²) in [5, 5.41) is 2.90. The second-order valence-electron chi connectivity index (χ2n) is 7.59. The number of amides is 3. The van der Waals surface area contributed by atoms with Gasteiger partial charge in [-0.1, -0.05) is 18.2 Å². The van der Waals surface area contributed by atoms with E-state index in [9.17, 15) is 14.4 Å². The molecule has 7 nitrogen and oxygen atoms in total. The van der Waals surface area contributed by atoms with E-state index in [1.807, 2.05) is 24.4 Å². The van der Waals surface area contributed by atoms with Gasteiger partial charge >= 0.3 is 0 Å². The lowest BCUT2D eigenvalue weighted by atomic mass is 9.96. The Morgan fingerprint density at radius 3 is 2.28 bits per heavy atom. The van der Waals surface area contributed by atoms with Crippen molar-refractivity contribution in [3.63, 3.8) is 0 Å². The molecule has 4 rings (SSSR count). The highest BCUT2D eigenvalue weighted by Crippen LogP contribution is 2.22. The maximum atomic E-state index is 12.3. The molecule has 0 aliphatic carbocycles. The quantitative estimate of drug-likeness (QED) is 0.757. The molecule has 3 amide bonds. The lowest BCUT2D eigenvalue weighted by Crippen LogP contribution is -2.43. The predicted molar refractivity (Wildman–Crippen MR) is 107 cm³/mol. The van der Waals surface area contributed by atoms with Crippen LogP contribution < -0.4 is 5.32 Å². The van der Waals surface area contributed by atoms with Crippen molar-refractivity contribution in [2.75, 3.05) is 26.2 Å². The van der Waals surface area contributed by atoms with E-state index in [1.165, 1.54) is 0 Å². The van der Waals surface area contributed by atoms with E-state index in [0.29, 0.717) is 23.6 Å². The Hall–Kier alpha value is -3.06. The minimum absolute atomic E-state index is 0.231. The molecule has 2 aliphatic heterocycles. The van der Waals surface area contributed by atoms with Crippen LogP contribution in [0.15, 0.2) is 48.7 Å². The van der Waals surface area contributed by atoms with Gasteiger partial charge in [0.25, 0.3) is 11.8 Å². The van der Waals surface area contributed by atoms with Gasteiger partial charge in [-0.2, -0.15) is 0 Å². The third-order valence-electron chi connectivity index (χ3n) is 5.59. The molecular weight excluding hydrogens is 368 g/mol. The SMILES string of the molecule is O=C(CN1C(=O)c2ccccc2C1=O)NCC1CCN(Cc2ccccn2)CC1. The summed E-state index contributed by atoms with van der Waals surface area (Å²) in [6, 6.07) is 12.6. The summed E-state index contributed by atoms with van der Waals surface area (Å²) in [6.45, 7) is 3.12. The summed E-state index contributed by atoms with van der Waals surface area (Å²) in [6.07, 6.45) is 3.81. The maximum Gasteiger partial charge on any atom is 0.262 e. The zero-order valence-corrected chi connectivity index (χ0v) is 16.2. The number of piperidine rings is 1. The zero-order chi connectivity index (χ0) is 20.2. The molecule has 29 heavy (non-hydrogen) atoms. The molecule has 2 aliphatic rings. The number of benzene rings is 1. The van der Waals surface area contributed by atoms with Crippen molar-refractivity contribution in [3.05, 3.63) is 65.5 Å². The fraction of sp³-hybridized carbons (Fsp3) is 0.364. The highest BCUT2D eigenvalue weighted by molar-refractivity contribution is 6.22. The first kappa shape index (κ1) is 19.3. The van der Waals surface area contributed by atoms with Crippen molar-refractivity contribution in [2.24, 2.45) is 5.92 Å².